The molecule has 4 heteroatoms. The summed E-state index contributed by atoms with van der Waals surface area (Å²) < 4.78 is 0. The van der Waals surface area contributed by atoms with Crippen LogP contribution in [0.2, 0.25) is 0 Å². The van der Waals surface area contributed by atoms with Crippen molar-refractivity contribution >= 4 is 21.7 Å². The molecule has 2 heterocycles. The van der Waals surface area contributed by atoms with Crippen LogP contribution in [0.1, 0.15) is 0 Å². The molecular weight excluding hydrogens is 609 g/mol. The average Bonchev–Trinajstić information content (AvgIpc) is 3.21. The van der Waals surface area contributed by atoms with E-state index in [0.717, 1.165) is 55.5 Å². The van der Waals surface area contributed by atoms with E-state index in [1.54, 1.807) is 0 Å². The lowest BCUT2D eigenvalue weighted by Crippen LogP contribution is -2.00. The van der Waals surface area contributed by atoms with Gasteiger partial charge in [-0.2, -0.15) is 0 Å². The lowest BCUT2D eigenvalue weighted by molar-refractivity contribution is 1.07. The van der Waals surface area contributed by atoms with E-state index in [1.165, 1.54) is 16.3 Å². The van der Waals surface area contributed by atoms with Gasteiger partial charge >= 0.3 is 0 Å². The van der Waals surface area contributed by atoms with Crippen LogP contribution >= 0.6 is 0 Å². The van der Waals surface area contributed by atoms with Gasteiger partial charge in [-0.05, 0) is 51.2 Å². The standard InChI is InChI=1S/C46H30N4/c1-4-13-31(14-5-1)32-23-25-36(26-24-32)45-48-44(35-18-8-3-9-19-35)49-46(50-45)38-21-12-20-37(29-38)40-30-42(34-16-6-2-7-17-34)47-41-28-27-33-15-10-11-22-39(33)43(40)41/h1-30H. The number of benzene rings is 7. The first-order valence-corrected chi connectivity index (χ1v) is 16.7. The minimum atomic E-state index is 0.620. The van der Waals surface area contributed by atoms with Crippen molar-refractivity contribution in [2.75, 3.05) is 0 Å². The fourth-order valence-corrected chi connectivity index (χ4v) is 6.61. The Morgan fingerprint density at radius 1 is 0.300 bits per heavy atom. The van der Waals surface area contributed by atoms with E-state index in [1.807, 2.05) is 42.5 Å². The first kappa shape index (κ1) is 29.4. The molecule has 0 aliphatic heterocycles. The molecular formula is C46H30N4. The molecule has 234 valence electrons. The number of nitrogens with zero attached hydrogens (tertiary/aromatic N) is 4. The topological polar surface area (TPSA) is 51.6 Å². The maximum absolute atomic E-state index is 5.15. The Hall–Kier alpha value is -6.78. The molecule has 0 radical (unpaired) electrons. The van der Waals surface area contributed by atoms with E-state index in [0.29, 0.717) is 17.5 Å². The highest BCUT2D eigenvalue weighted by molar-refractivity contribution is 6.14. The Morgan fingerprint density at radius 3 is 1.50 bits per heavy atom. The third-order valence-electron chi connectivity index (χ3n) is 9.12. The van der Waals surface area contributed by atoms with Gasteiger partial charge in [0.15, 0.2) is 17.5 Å². The van der Waals surface area contributed by atoms with Gasteiger partial charge in [-0.15, -0.1) is 0 Å². The summed E-state index contributed by atoms with van der Waals surface area (Å²) in [6, 6.07) is 62.8. The number of pyridine rings is 1. The van der Waals surface area contributed by atoms with Crippen molar-refractivity contribution in [3.8, 4) is 67.7 Å². The largest absolute Gasteiger partial charge is 0.248 e. The molecule has 0 aliphatic carbocycles. The molecule has 4 nitrogen and oxygen atoms in total. The van der Waals surface area contributed by atoms with Crippen LogP contribution in [-0.2, 0) is 0 Å². The van der Waals surface area contributed by atoms with Gasteiger partial charge in [0.25, 0.3) is 0 Å². The second-order valence-corrected chi connectivity index (χ2v) is 12.3. The second-order valence-electron chi connectivity index (χ2n) is 12.3. The molecule has 9 rings (SSSR count). The lowest BCUT2D eigenvalue weighted by Gasteiger charge is -2.14. The van der Waals surface area contributed by atoms with Gasteiger partial charge in [0.05, 0.1) is 11.2 Å². The van der Waals surface area contributed by atoms with Gasteiger partial charge in [0, 0.05) is 27.6 Å². The third-order valence-corrected chi connectivity index (χ3v) is 9.12. The van der Waals surface area contributed by atoms with Gasteiger partial charge in [0.1, 0.15) is 0 Å². The number of fused-ring (bicyclic) bond motifs is 3. The molecule has 0 spiro atoms. The molecule has 0 N–H and O–H groups in total. The minimum Gasteiger partial charge on any atom is -0.248 e. The number of aromatic nitrogens is 4. The predicted octanol–water partition coefficient (Wildman–Crippen LogP) is 11.6. The van der Waals surface area contributed by atoms with Gasteiger partial charge in [-0.1, -0.05) is 164 Å². The fourth-order valence-electron chi connectivity index (χ4n) is 6.61. The Labute approximate surface area is 290 Å². The van der Waals surface area contributed by atoms with Crippen LogP contribution in [0, 0.1) is 0 Å². The van der Waals surface area contributed by atoms with Crippen molar-refractivity contribution in [3.63, 3.8) is 0 Å². The van der Waals surface area contributed by atoms with Gasteiger partial charge < -0.3 is 0 Å². The first-order valence-electron chi connectivity index (χ1n) is 16.7. The zero-order valence-electron chi connectivity index (χ0n) is 27.1. The fraction of sp³-hybridized carbons (Fsp3) is 0. The summed E-state index contributed by atoms with van der Waals surface area (Å²) in [4.78, 5) is 20.2. The quantitative estimate of drug-likeness (QED) is 0.170. The second kappa shape index (κ2) is 12.7. The summed E-state index contributed by atoms with van der Waals surface area (Å²) in [5, 5.41) is 3.48. The van der Waals surface area contributed by atoms with Crippen LogP contribution in [0.25, 0.3) is 89.4 Å². The molecule has 0 atom stereocenters. The lowest BCUT2D eigenvalue weighted by atomic mass is 9.93. The van der Waals surface area contributed by atoms with Crippen LogP contribution < -0.4 is 0 Å². The molecule has 9 aromatic rings. The summed E-state index contributed by atoms with van der Waals surface area (Å²) in [6.45, 7) is 0. The number of hydrogen-bond acceptors (Lipinski definition) is 4. The smallest absolute Gasteiger partial charge is 0.164 e. The van der Waals surface area contributed by atoms with Gasteiger partial charge in [0.2, 0.25) is 0 Å². The Balaban J connectivity index is 1.21. The third kappa shape index (κ3) is 5.59. The highest BCUT2D eigenvalue weighted by Crippen LogP contribution is 2.38. The van der Waals surface area contributed by atoms with Gasteiger partial charge in [-0.25, -0.2) is 19.9 Å². The molecule has 7 aromatic carbocycles. The molecule has 0 amide bonds. The van der Waals surface area contributed by atoms with E-state index >= 15 is 0 Å². The summed E-state index contributed by atoms with van der Waals surface area (Å²) in [5.41, 5.74) is 10.2. The zero-order valence-corrected chi connectivity index (χ0v) is 27.1. The summed E-state index contributed by atoms with van der Waals surface area (Å²) in [5.74, 6) is 1.88. The van der Waals surface area contributed by atoms with E-state index in [-0.39, 0.29) is 0 Å². The molecule has 50 heavy (non-hydrogen) atoms. The molecule has 0 unspecified atom stereocenters. The average molecular weight is 639 g/mol. The predicted molar refractivity (Wildman–Crippen MR) is 205 cm³/mol. The maximum Gasteiger partial charge on any atom is 0.164 e. The summed E-state index contributed by atoms with van der Waals surface area (Å²) >= 11 is 0. The molecule has 0 saturated carbocycles. The monoisotopic (exact) mass is 638 g/mol. The van der Waals surface area contributed by atoms with Crippen LogP contribution in [0.3, 0.4) is 0 Å². The zero-order chi connectivity index (χ0) is 33.3. The van der Waals surface area contributed by atoms with Crippen LogP contribution in [0.5, 0.6) is 0 Å². The van der Waals surface area contributed by atoms with Crippen molar-refractivity contribution in [3.05, 3.63) is 182 Å². The van der Waals surface area contributed by atoms with Crippen molar-refractivity contribution in [1.82, 2.24) is 19.9 Å². The normalized spacial score (nSPS) is 11.2. The number of hydrogen-bond donors (Lipinski definition) is 0. The highest BCUT2D eigenvalue weighted by Gasteiger charge is 2.16. The molecule has 0 aliphatic rings. The molecule has 0 fully saturated rings. The SMILES string of the molecule is c1ccc(-c2ccc(-c3nc(-c4ccccc4)nc(-c4cccc(-c5cc(-c6ccccc6)nc6ccc7ccccc7c56)c4)n3)cc2)cc1. The van der Waals surface area contributed by atoms with Crippen molar-refractivity contribution in [2.45, 2.75) is 0 Å². The van der Waals surface area contributed by atoms with E-state index in [4.69, 9.17) is 19.9 Å². The van der Waals surface area contributed by atoms with E-state index < -0.39 is 0 Å². The molecule has 0 bridgehead atoms. The summed E-state index contributed by atoms with van der Waals surface area (Å²) in [7, 11) is 0. The maximum atomic E-state index is 5.15. The highest BCUT2D eigenvalue weighted by atomic mass is 15.0. The Bertz CT molecular complexity index is 2620. The molecule has 2 aromatic heterocycles. The first-order chi connectivity index (χ1) is 24.8. The van der Waals surface area contributed by atoms with Crippen LogP contribution in [0.4, 0.5) is 0 Å². The molecule has 0 saturated heterocycles. The van der Waals surface area contributed by atoms with Crippen molar-refractivity contribution in [1.29, 1.82) is 0 Å². The van der Waals surface area contributed by atoms with Crippen molar-refractivity contribution in [2.24, 2.45) is 0 Å². The number of rotatable bonds is 6. The minimum absolute atomic E-state index is 0.620. The Morgan fingerprint density at radius 2 is 0.800 bits per heavy atom. The summed E-state index contributed by atoms with van der Waals surface area (Å²) in [6.07, 6.45) is 0. The van der Waals surface area contributed by atoms with Crippen molar-refractivity contribution < 1.29 is 0 Å². The van der Waals surface area contributed by atoms with Crippen LogP contribution in [0.15, 0.2) is 182 Å². The van der Waals surface area contributed by atoms with Gasteiger partial charge in [-0.3, -0.25) is 0 Å². The Kier molecular flexibility index (Phi) is 7.45. The van der Waals surface area contributed by atoms with E-state index in [2.05, 4.69) is 140 Å². The van der Waals surface area contributed by atoms with Crippen LogP contribution in [-0.4, -0.2) is 19.9 Å². The van der Waals surface area contributed by atoms with E-state index in [9.17, 15) is 0 Å².